The van der Waals surface area contributed by atoms with E-state index in [1.165, 1.54) is 12.1 Å². The lowest BCUT2D eigenvalue weighted by Gasteiger charge is -2.00. The molecule has 2 aromatic rings. The first-order chi connectivity index (χ1) is 8.56. The molecule has 0 aliphatic carbocycles. The van der Waals surface area contributed by atoms with Crippen LogP contribution in [-0.2, 0) is 0 Å². The second-order valence-corrected chi connectivity index (χ2v) is 5.30. The van der Waals surface area contributed by atoms with E-state index in [2.05, 4.69) is 42.1 Å². The molecule has 0 aliphatic heterocycles. The molecule has 0 spiro atoms. The van der Waals surface area contributed by atoms with Crippen LogP contribution in [0.15, 0.2) is 55.6 Å². The van der Waals surface area contributed by atoms with Gasteiger partial charge in [0.2, 0.25) is 0 Å². The number of hydrogen-bond donors (Lipinski definition) is 2. The Labute approximate surface area is 120 Å². The summed E-state index contributed by atoms with van der Waals surface area (Å²) in [6.07, 6.45) is 0. The molecule has 0 heterocycles. The summed E-state index contributed by atoms with van der Waals surface area (Å²) < 4.78 is 1.51. The first-order valence-electron chi connectivity index (χ1n) is 4.95. The van der Waals surface area contributed by atoms with E-state index >= 15 is 0 Å². The Morgan fingerprint density at radius 3 is 1.44 bits per heavy atom. The van der Waals surface area contributed by atoms with Crippen LogP contribution in [0.4, 0.5) is 11.4 Å². The van der Waals surface area contributed by atoms with Gasteiger partial charge in [-0.25, -0.2) is 0 Å². The molecule has 18 heavy (non-hydrogen) atoms. The van der Waals surface area contributed by atoms with E-state index in [1.807, 2.05) is 0 Å². The fourth-order valence-corrected chi connectivity index (χ4v) is 1.97. The van der Waals surface area contributed by atoms with Crippen molar-refractivity contribution in [1.29, 1.82) is 0 Å². The molecule has 92 valence electrons. The molecule has 0 atom stereocenters. The number of benzene rings is 2. The van der Waals surface area contributed by atoms with Gasteiger partial charge in [-0.15, -0.1) is 10.2 Å². The summed E-state index contributed by atoms with van der Waals surface area (Å²) in [7, 11) is 0. The van der Waals surface area contributed by atoms with Crippen molar-refractivity contribution in [2.75, 3.05) is 0 Å². The van der Waals surface area contributed by atoms with Crippen LogP contribution in [0.25, 0.3) is 0 Å². The van der Waals surface area contributed by atoms with E-state index in [1.54, 1.807) is 24.3 Å². The first-order valence-corrected chi connectivity index (χ1v) is 6.53. The van der Waals surface area contributed by atoms with Crippen LogP contribution in [0.3, 0.4) is 0 Å². The normalized spacial score (nSPS) is 11.0. The molecule has 0 amide bonds. The van der Waals surface area contributed by atoms with E-state index in [-0.39, 0.29) is 11.5 Å². The Bertz CT molecular complexity index is 562. The highest BCUT2D eigenvalue weighted by atomic mass is 79.9. The molecule has 0 bridgehead atoms. The van der Waals surface area contributed by atoms with Gasteiger partial charge >= 0.3 is 0 Å². The lowest BCUT2D eigenvalue weighted by molar-refractivity contribution is 0.473. The molecule has 0 radical (unpaired) electrons. The van der Waals surface area contributed by atoms with E-state index in [4.69, 9.17) is 0 Å². The molecule has 0 saturated heterocycles. The average molecular weight is 372 g/mol. The third kappa shape index (κ3) is 3.08. The number of hydrogen-bond acceptors (Lipinski definition) is 4. The zero-order chi connectivity index (χ0) is 13.1. The van der Waals surface area contributed by atoms with Crippen molar-refractivity contribution in [1.82, 2.24) is 0 Å². The lowest BCUT2D eigenvalue weighted by Crippen LogP contribution is -1.71. The van der Waals surface area contributed by atoms with Crippen molar-refractivity contribution < 1.29 is 10.2 Å². The summed E-state index contributed by atoms with van der Waals surface area (Å²) in [5.41, 5.74) is 0.668. The van der Waals surface area contributed by atoms with Gasteiger partial charge in [-0.3, -0.25) is 0 Å². The van der Waals surface area contributed by atoms with Gasteiger partial charge in [0, 0.05) is 8.95 Å². The number of phenolic OH excluding ortho intramolecular Hbond substituents is 2. The molecular formula is C12H8Br2N2O2. The average Bonchev–Trinajstić information content (AvgIpc) is 2.30. The van der Waals surface area contributed by atoms with Crippen molar-refractivity contribution in [3.05, 3.63) is 45.3 Å². The molecule has 4 nitrogen and oxygen atoms in total. The van der Waals surface area contributed by atoms with E-state index in [0.29, 0.717) is 11.4 Å². The largest absolute Gasteiger partial charge is 0.506 e. The van der Waals surface area contributed by atoms with Crippen molar-refractivity contribution in [3.8, 4) is 11.5 Å². The molecule has 2 N–H and O–H groups in total. The molecule has 0 aromatic heterocycles. The molecule has 2 rings (SSSR count). The lowest BCUT2D eigenvalue weighted by atomic mass is 10.3. The Hall–Kier alpha value is -1.40. The minimum absolute atomic E-state index is 0.0183. The number of phenols is 2. The second-order valence-electron chi connectivity index (χ2n) is 3.47. The van der Waals surface area contributed by atoms with Crippen LogP contribution < -0.4 is 0 Å². The molecule has 0 saturated carbocycles. The van der Waals surface area contributed by atoms with Gasteiger partial charge in [0.15, 0.2) is 0 Å². The van der Waals surface area contributed by atoms with Gasteiger partial charge in [-0.05, 0) is 36.4 Å². The molecule has 6 heteroatoms. The molecule has 0 unspecified atom stereocenters. The summed E-state index contributed by atoms with van der Waals surface area (Å²) in [4.78, 5) is 0. The quantitative estimate of drug-likeness (QED) is 0.726. The summed E-state index contributed by atoms with van der Waals surface area (Å²) in [6.45, 7) is 0. The summed E-state index contributed by atoms with van der Waals surface area (Å²) >= 11 is 6.47. The highest BCUT2D eigenvalue weighted by Crippen LogP contribution is 2.34. The number of nitrogens with zero attached hydrogens (tertiary/aromatic N) is 2. The van der Waals surface area contributed by atoms with Crippen LogP contribution in [0, 0.1) is 0 Å². The second kappa shape index (κ2) is 5.49. The van der Waals surface area contributed by atoms with Crippen molar-refractivity contribution in [3.63, 3.8) is 0 Å². The van der Waals surface area contributed by atoms with Gasteiger partial charge in [0.25, 0.3) is 0 Å². The van der Waals surface area contributed by atoms with Gasteiger partial charge in [-0.1, -0.05) is 31.9 Å². The number of aromatic hydroxyl groups is 2. The summed E-state index contributed by atoms with van der Waals surface area (Å²) in [6, 6.07) is 9.79. The van der Waals surface area contributed by atoms with E-state index in [0.717, 1.165) is 8.95 Å². The first kappa shape index (κ1) is 13.0. The van der Waals surface area contributed by atoms with Crippen LogP contribution in [0.1, 0.15) is 0 Å². The highest BCUT2D eigenvalue weighted by molar-refractivity contribution is 9.10. The number of rotatable bonds is 2. The molecule has 0 aliphatic rings. The minimum Gasteiger partial charge on any atom is -0.506 e. The van der Waals surface area contributed by atoms with Crippen molar-refractivity contribution >= 4 is 43.2 Å². The Morgan fingerprint density at radius 1 is 0.722 bits per heavy atom. The Balaban J connectivity index is 2.30. The van der Waals surface area contributed by atoms with E-state index < -0.39 is 0 Å². The van der Waals surface area contributed by atoms with Crippen molar-refractivity contribution in [2.24, 2.45) is 10.2 Å². The van der Waals surface area contributed by atoms with Crippen LogP contribution in [-0.4, -0.2) is 10.2 Å². The van der Waals surface area contributed by atoms with Gasteiger partial charge in [-0.2, -0.15) is 0 Å². The maximum absolute atomic E-state index is 9.63. The predicted molar refractivity (Wildman–Crippen MR) is 75.8 cm³/mol. The highest BCUT2D eigenvalue weighted by Gasteiger charge is 2.02. The van der Waals surface area contributed by atoms with Gasteiger partial charge in [0.1, 0.15) is 22.9 Å². The Kier molecular flexibility index (Phi) is 3.98. The fraction of sp³-hybridized carbons (Fsp3) is 0. The molecule has 2 aromatic carbocycles. The molecule has 0 fully saturated rings. The Morgan fingerprint density at radius 2 is 1.11 bits per heavy atom. The van der Waals surface area contributed by atoms with Crippen LogP contribution in [0.2, 0.25) is 0 Å². The topological polar surface area (TPSA) is 65.2 Å². The predicted octanol–water partition coefficient (Wildman–Crippen LogP) is 5.04. The van der Waals surface area contributed by atoms with Crippen LogP contribution >= 0.6 is 31.9 Å². The zero-order valence-electron chi connectivity index (χ0n) is 9.01. The van der Waals surface area contributed by atoms with Crippen molar-refractivity contribution in [2.45, 2.75) is 0 Å². The monoisotopic (exact) mass is 370 g/mol. The van der Waals surface area contributed by atoms with Gasteiger partial charge < -0.3 is 10.2 Å². The summed E-state index contributed by atoms with van der Waals surface area (Å²) in [5, 5.41) is 27.0. The van der Waals surface area contributed by atoms with Crippen LogP contribution in [0.5, 0.6) is 11.5 Å². The maximum atomic E-state index is 9.63. The SMILES string of the molecule is Oc1cc(Br)ccc1N=Nc1ccc(Br)cc1O. The van der Waals surface area contributed by atoms with Gasteiger partial charge in [0.05, 0.1) is 0 Å². The molecular weight excluding hydrogens is 364 g/mol. The van der Waals surface area contributed by atoms with E-state index in [9.17, 15) is 10.2 Å². The third-order valence-corrected chi connectivity index (χ3v) is 3.13. The minimum atomic E-state index is 0.0183. The standard InChI is InChI=1S/C12H8Br2N2O2/c13-7-1-3-9(11(17)5-7)15-16-10-4-2-8(14)6-12(10)18/h1-6,17-18H. The fourth-order valence-electron chi connectivity index (χ4n) is 1.27. The number of azo groups is 1. The number of halogens is 2. The maximum Gasteiger partial charge on any atom is 0.144 e. The third-order valence-electron chi connectivity index (χ3n) is 2.14. The smallest absolute Gasteiger partial charge is 0.144 e. The zero-order valence-corrected chi connectivity index (χ0v) is 12.2. The summed E-state index contributed by atoms with van der Waals surface area (Å²) in [5.74, 6) is 0.0365.